The van der Waals surface area contributed by atoms with E-state index in [1.54, 1.807) is 12.1 Å². The second-order valence-corrected chi connectivity index (χ2v) is 7.17. The van der Waals surface area contributed by atoms with Crippen molar-refractivity contribution >= 4 is 43.2 Å². The first-order valence-electron chi connectivity index (χ1n) is 6.57. The second-order valence-electron chi connectivity index (χ2n) is 4.59. The van der Waals surface area contributed by atoms with Crippen LogP contribution in [0.15, 0.2) is 69.2 Å². The third-order valence-corrected chi connectivity index (χ3v) is 4.73. The fraction of sp³-hybridized carbons (Fsp3) is 0. The number of nitrogens with zero attached hydrogens (tertiary/aromatic N) is 3. The fourth-order valence-electron chi connectivity index (χ4n) is 1.86. The van der Waals surface area contributed by atoms with Gasteiger partial charge in [-0.1, -0.05) is 28.1 Å². The van der Waals surface area contributed by atoms with Crippen molar-refractivity contribution in [1.29, 1.82) is 0 Å². The van der Waals surface area contributed by atoms with Gasteiger partial charge in [0.1, 0.15) is 5.69 Å². The molecular weight excluding hydrogens is 380 g/mol. The molecule has 0 bridgehead atoms. The molecule has 116 valence electrons. The Bertz CT molecular complexity index is 972. The lowest BCUT2D eigenvalue weighted by Crippen LogP contribution is -2.18. The van der Waals surface area contributed by atoms with Crippen molar-refractivity contribution in [3.8, 4) is 0 Å². The van der Waals surface area contributed by atoms with Crippen LogP contribution in [0.3, 0.4) is 0 Å². The van der Waals surface area contributed by atoms with E-state index in [4.69, 9.17) is 0 Å². The summed E-state index contributed by atoms with van der Waals surface area (Å²) < 4.78 is 24.9. The summed E-state index contributed by atoms with van der Waals surface area (Å²) in [6, 6.07) is 13.7. The van der Waals surface area contributed by atoms with Gasteiger partial charge in [0.2, 0.25) is 0 Å². The molecule has 3 aromatic rings. The third-order valence-electron chi connectivity index (χ3n) is 2.96. The van der Waals surface area contributed by atoms with E-state index in [1.165, 1.54) is 24.5 Å². The van der Waals surface area contributed by atoms with Crippen LogP contribution in [0.5, 0.6) is 0 Å². The summed E-state index contributed by atoms with van der Waals surface area (Å²) >= 11 is 3.26. The van der Waals surface area contributed by atoms with Crippen LogP contribution in [-0.2, 0) is 10.0 Å². The molecular formula is C15H11BrN4O2S. The number of benzene rings is 2. The second kappa shape index (κ2) is 6.43. The topological polar surface area (TPSA) is 84.3 Å². The van der Waals surface area contributed by atoms with Crippen LogP contribution in [-0.4, -0.2) is 24.6 Å². The normalized spacial score (nSPS) is 11.9. The minimum Gasteiger partial charge on any atom is -0.252 e. The highest BCUT2D eigenvalue weighted by atomic mass is 79.9. The Balaban J connectivity index is 1.78. The molecule has 2 aromatic carbocycles. The molecule has 0 aliphatic rings. The summed E-state index contributed by atoms with van der Waals surface area (Å²) in [6.07, 6.45) is 2.84. The molecule has 23 heavy (non-hydrogen) atoms. The summed E-state index contributed by atoms with van der Waals surface area (Å²) in [5, 5.41) is 3.74. The Labute approximate surface area is 141 Å². The van der Waals surface area contributed by atoms with Crippen LogP contribution >= 0.6 is 15.9 Å². The van der Waals surface area contributed by atoms with Crippen LogP contribution in [0.1, 0.15) is 5.69 Å². The summed E-state index contributed by atoms with van der Waals surface area (Å²) in [5.74, 6) is 0. The molecule has 0 aliphatic heterocycles. The molecule has 1 heterocycles. The molecule has 0 radical (unpaired) electrons. The minimum absolute atomic E-state index is 0.127. The van der Waals surface area contributed by atoms with Crippen molar-refractivity contribution in [2.24, 2.45) is 5.10 Å². The average Bonchev–Trinajstić information content (AvgIpc) is 2.55. The van der Waals surface area contributed by atoms with Crippen molar-refractivity contribution in [2.75, 3.05) is 0 Å². The minimum atomic E-state index is -3.71. The predicted molar refractivity (Wildman–Crippen MR) is 91.6 cm³/mol. The Kier molecular flexibility index (Phi) is 4.35. The zero-order valence-corrected chi connectivity index (χ0v) is 14.1. The van der Waals surface area contributed by atoms with Gasteiger partial charge in [0.25, 0.3) is 10.0 Å². The molecule has 8 heteroatoms. The highest BCUT2D eigenvalue weighted by Gasteiger charge is 2.11. The lowest BCUT2D eigenvalue weighted by Gasteiger charge is -2.03. The van der Waals surface area contributed by atoms with Gasteiger partial charge >= 0.3 is 0 Å². The van der Waals surface area contributed by atoms with Gasteiger partial charge in [-0.3, -0.25) is 4.98 Å². The van der Waals surface area contributed by atoms with E-state index in [0.717, 1.165) is 9.99 Å². The van der Waals surface area contributed by atoms with Crippen LogP contribution in [0, 0.1) is 0 Å². The van der Waals surface area contributed by atoms with E-state index in [9.17, 15) is 8.42 Å². The predicted octanol–water partition coefficient (Wildman–Crippen LogP) is 2.70. The Morgan fingerprint density at radius 2 is 1.74 bits per heavy atom. The first kappa shape index (κ1) is 15.6. The molecule has 6 nitrogen and oxygen atoms in total. The van der Waals surface area contributed by atoms with Crippen LogP contribution in [0.25, 0.3) is 11.0 Å². The molecule has 1 aromatic heterocycles. The maximum Gasteiger partial charge on any atom is 0.276 e. The zero-order chi connectivity index (χ0) is 16.3. The number of hydrazone groups is 1. The van der Waals surface area contributed by atoms with E-state index in [-0.39, 0.29) is 4.90 Å². The lowest BCUT2D eigenvalue weighted by atomic mass is 10.3. The van der Waals surface area contributed by atoms with Gasteiger partial charge in [-0.25, -0.2) is 9.82 Å². The fourth-order valence-corrected chi connectivity index (χ4v) is 2.92. The first-order chi connectivity index (χ1) is 11.0. The number of aromatic nitrogens is 2. The monoisotopic (exact) mass is 390 g/mol. The van der Waals surface area contributed by atoms with Crippen LogP contribution in [0.2, 0.25) is 0 Å². The molecule has 0 saturated carbocycles. The van der Waals surface area contributed by atoms with Crippen molar-refractivity contribution < 1.29 is 8.42 Å². The number of hydrogen-bond donors (Lipinski definition) is 1. The standard InChI is InChI=1S/C15H11BrN4O2S/c16-11-5-7-13(8-6-11)23(21,22)20-18-10-12-9-17-14-3-1-2-4-15(14)19-12/h1-10,20H. The number of hydrogen-bond acceptors (Lipinski definition) is 5. The SMILES string of the molecule is O=S(=O)(NN=Cc1cnc2ccccc2n1)c1ccc(Br)cc1. The van der Waals surface area contributed by atoms with E-state index in [0.29, 0.717) is 11.2 Å². The lowest BCUT2D eigenvalue weighted by molar-refractivity contribution is 0.584. The first-order valence-corrected chi connectivity index (χ1v) is 8.84. The maximum atomic E-state index is 12.1. The van der Waals surface area contributed by atoms with Crippen LogP contribution in [0.4, 0.5) is 0 Å². The third kappa shape index (κ3) is 3.72. The van der Waals surface area contributed by atoms with Crippen molar-refractivity contribution in [3.63, 3.8) is 0 Å². The molecule has 0 spiro atoms. The quantitative estimate of drug-likeness (QED) is 0.548. The number of rotatable bonds is 4. The van der Waals surface area contributed by atoms with Gasteiger partial charge in [-0.2, -0.15) is 13.5 Å². The summed E-state index contributed by atoms with van der Waals surface area (Å²) in [5.41, 5.74) is 1.94. The van der Waals surface area contributed by atoms with Gasteiger partial charge < -0.3 is 0 Å². The van der Waals surface area contributed by atoms with Gasteiger partial charge in [-0.15, -0.1) is 0 Å². The number of halogens is 1. The van der Waals surface area contributed by atoms with Gasteiger partial charge in [0.05, 0.1) is 28.3 Å². The average molecular weight is 391 g/mol. The summed E-state index contributed by atoms with van der Waals surface area (Å²) in [6.45, 7) is 0. The number of nitrogens with one attached hydrogen (secondary N) is 1. The molecule has 0 atom stereocenters. The maximum absolute atomic E-state index is 12.1. The highest BCUT2D eigenvalue weighted by molar-refractivity contribution is 9.10. The van der Waals surface area contributed by atoms with E-state index in [2.05, 4.69) is 35.8 Å². The van der Waals surface area contributed by atoms with Crippen molar-refractivity contribution in [2.45, 2.75) is 4.90 Å². The van der Waals surface area contributed by atoms with Crippen LogP contribution < -0.4 is 4.83 Å². The van der Waals surface area contributed by atoms with Gasteiger partial charge in [-0.05, 0) is 36.4 Å². The van der Waals surface area contributed by atoms with E-state index in [1.807, 2.05) is 24.3 Å². The van der Waals surface area contributed by atoms with Crippen molar-refractivity contribution in [1.82, 2.24) is 14.8 Å². The summed E-state index contributed by atoms with van der Waals surface area (Å²) in [4.78, 5) is 10.8. The molecule has 1 N–H and O–H groups in total. The Morgan fingerprint density at radius 1 is 1.04 bits per heavy atom. The highest BCUT2D eigenvalue weighted by Crippen LogP contribution is 2.14. The summed E-state index contributed by atoms with van der Waals surface area (Å²) in [7, 11) is -3.71. The molecule has 0 amide bonds. The Morgan fingerprint density at radius 3 is 2.48 bits per heavy atom. The van der Waals surface area contributed by atoms with E-state index < -0.39 is 10.0 Å². The molecule has 3 rings (SSSR count). The number of sulfonamides is 1. The molecule has 0 unspecified atom stereocenters. The zero-order valence-electron chi connectivity index (χ0n) is 11.7. The van der Waals surface area contributed by atoms with Crippen molar-refractivity contribution in [3.05, 3.63) is 64.9 Å². The number of para-hydroxylation sites is 2. The number of fused-ring (bicyclic) bond motifs is 1. The molecule has 0 saturated heterocycles. The Hall–Kier alpha value is -2.32. The van der Waals surface area contributed by atoms with E-state index >= 15 is 0 Å². The van der Waals surface area contributed by atoms with Gasteiger partial charge in [0.15, 0.2) is 0 Å². The molecule has 0 aliphatic carbocycles. The smallest absolute Gasteiger partial charge is 0.252 e. The largest absolute Gasteiger partial charge is 0.276 e. The molecule has 0 fully saturated rings. The van der Waals surface area contributed by atoms with Gasteiger partial charge in [0, 0.05) is 4.47 Å².